The van der Waals surface area contributed by atoms with Crippen LogP contribution in [-0.4, -0.2) is 17.4 Å². The minimum Gasteiger partial charge on any atom is -0.619 e. The lowest BCUT2D eigenvalue weighted by Crippen LogP contribution is -2.25. The van der Waals surface area contributed by atoms with Crippen LogP contribution in [0.15, 0.2) is 18.5 Å². The van der Waals surface area contributed by atoms with Crippen LogP contribution in [0, 0.1) is 27.2 Å². The number of amides is 1. The molecule has 1 rings (SSSR count). The van der Waals surface area contributed by atoms with E-state index in [1.54, 1.807) is 0 Å². The lowest BCUT2D eigenvalue weighted by atomic mass is 10.2. The summed E-state index contributed by atoms with van der Waals surface area (Å²) < 4.78 is 0.426. The average molecular weight is 235 g/mol. The Bertz CT molecular complexity index is 516. The number of nitro groups is 1. The molecule has 7 nitrogen and oxygen atoms in total. The molecule has 0 spiro atoms. The standard InChI is InChI=1S/C10H9N3O4/c1-8(14)11-5-2-3-9-7-12(15)6-4-10(9)13(16)17/h4,6-7H,5H2,1H3,(H,11,14). The summed E-state index contributed by atoms with van der Waals surface area (Å²) in [5, 5.41) is 24.0. The van der Waals surface area contributed by atoms with E-state index in [1.807, 2.05) is 0 Å². The predicted octanol–water partition coefficient (Wildman–Crippen LogP) is -0.284. The van der Waals surface area contributed by atoms with Gasteiger partial charge in [0.2, 0.25) is 12.1 Å². The third-order valence-electron chi connectivity index (χ3n) is 1.76. The summed E-state index contributed by atoms with van der Waals surface area (Å²) in [6, 6.07) is 1.08. The van der Waals surface area contributed by atoms with Gasteiger partial charge in [0.25, 0.3) is 5.69 Å². The maximum Gasteiger partial charge on any atom is 0.297 e. The summed E-state index contributed by atoms with van der Waals surface area (Å²) in [6.07, 6.45) is 2.04. The third-order valence-corrected chi connectivity index (χ3v) is 1.76. The molecule has 0 radical (unpaired) electrons. The van der Waals surface area contributed by atoms with Crippen molar-refractivity contribution in [3.63, 3.8) is 0 Å². The van der Waals surface area contributed by atoms with Crippen molar-refractivity contribution in [2.45, 2.75) is 6.92 Å². The maximum absolute atomic E-state index is 11.0. The third kappa shape index (κ3) is 3.79. The van der Waals surface area contributed by atoms with E-state index in [-0.39, 0.29) is 23.7 Å². The van der Waals surface area contributed by atoms with Gasteiger partial charge in [-0.25, -0.2) is 0 Å². The molecule has 7 heteroatoms. The van der Waals surface area contributed by atoms with Crippen molar-refractivity contribution in [1.82, 2.24) is 5.32 Å². The van der Waals surface area contributed by atoms with Crippen LogP contribution in [0.2, 0.25) is 0 Å². The fourth-order valence-corrected chi connectivity index (χ4v) is 1.03. The molecule has 0 bridgehead atoms. The largest absolute Gasteiger partial charge is 0.619 e. The second-order valence-corrected chi connectivity index (χ2v) is 3.07. The molecular formula is C10H9N3O4. The number of aromatic nitrogens is 1. The van der Waals surface area contributed by atoms with E-state index in [0.29, 0.717) is 4.73 Å². The zero-order chi connectivity index (χ0) is 12.8. The smallest absolute Gasteiger partial charge is 0.297 e. The Hall–Kier alpha value is -2.62. The number of nitrogens with zero attached hydrogens (tertiary/aromatic N) is 2. The summed E-state index contributed by atoms with van der Waals surface area (Å²) in [5.41, 5.74) is -0.231. The molecular weight excluding hydrogens is 226 g/mol. The quantitative estimate of drug-likeness (QED) is 0.250. The first-order valence-corrected chi connectivity index (χ1v) is 4.61. The number of carbonyl (C=O) groups excluding carboxylic acids is 1. The second kappa shape index (κ2) is 5.46. The molecule has 0 aliphatic heterocycles. The van der Waals surface area contributed by atoms with Crippen molar-refractivity contribution in [1.29, 1.82) is 0 Å². The van der Waals surface area contributed by atoms with E-state index >= 15 is 0 Å². The van der Waals surface area contributed by atoms with Crippen molar-refractivity contribution in [3.05, 3.63) is 39.3 Å². The van der Waals surface area contributed by atoms with Gasteiger partial charge in [0.05, 0.1) is 17.5 Å². The second-order valence-electron chi connectivity index (χ2n) is 3.07. The number of hydrogen-bond donors (Lipinski definition) is 1. The molecule has 88 valence electrons. The highest BCUT2D eigenvalue weighted by Crippen LogP contribution is 2.13. The van der Waals surface area contributed by atoms with Gasteiger partial charge in [0.15, 0.2) is 11.8 Å². The molecule has 0 aliphatic rings. The zero-order valence-corrected chi connectivity index (χ0v) is 8.97. The minimum absolute atomic E-state index is 0.0119. The Labute approximate surface area is 96.8 Å². The monoisotopic (exact) mass is 235 g/mol. The summed E-state index contributed by atoms with van der Waals surface area (Å²) in [6.45, 7) is 1.40. The molecule has 0 aromatic carbocycles. The van der Waals surface area contributed by atoms with E-state index in [4.69, 9.17) is 0 Å². The fraction of sp³-hybridized carbons (Fsp3) is 0.200. The van der Waals surface area contributed by atoms with Gasteiger partial charge in [-0.15, -0.1) is 0 Å². The topological polar surface area (TPSA) is 99.2 Å². The number of hydrogen-bond acceptors (Lipinski definition) is 4. The Kier molecular flexibility index (Phi) is 4.00. The van der Waals surface area contributed by atoms with Gasteiger partial charge < -0.3 is 10.5 Å². The van der Waals surface area contributed by atoms with Crippen LogP contribution < -0.4 is 10.0 Å². The normalized spacial score (nSPS) is 9.00. The van der Waals surface area contributed by atoms with Crippen LogP contribution in [0.5, 0.6) is 0 Å². The molecule has 0 saturated carbocycles. The van der Waals surface area contributed by atoms with Gasteiger partial charge in [-0.3, -0.25) is 14.9 Å². The number of carbonyl (C=O) groups is 1. The molecule has 0 unspecified atom stereocenters. The van der Waals surface area contributed by atoms with Crippen molar-refractivity contribution >= 4 is 11.6 Å². The van der Waals surface area contributed by atoms with Crippen molar-refractivity contribution < 1.29 is 14.4 Å². The number of pyridine rings is 1. The minimum atomic E-state index is -0.623. The Morgan fingerprint density at radius 2 is 2.35 bits per heavy atom. The van der Waals surface area contributed by atoms with Crippen LogP contribution in [0.4, 0.5) is 5.69 Å². The Morgan fingerprint density at radius 1 is 1.65 bits per heavy atom. The van der Waals surface area contributed by atoms with Crippen molar-refractivity contribution in [3.8, 4) is 11.8 Å². The van der Waals surface area contributed by atoms with Crippen LogP contribution in [0.3, 0.4) is 0 Å². The number of nitrogens with one attached hydrogen (secondary N) is 1. The fourth-order valence-electron chi connectivity index (χ4n) is 1.03. The van der Waals surface area contributed by atoms with Gasteiger partial charge in [-0.2, -0.15) is 4.73 Å². The van der Waals surface area contributed by atoms with Crippen LogP contribution in [0.1, 0.15) is 12.5 Å². The van der Waals surface area contributed by atoms with Gasteiger partial charge >= 0.3 is 0 Å². The molecule has 1 amide bonds. The molecule has 1 heterocycles. The number of rotatable bonds is 2. The zero-order valence-electron chi connectivity index (χ0n) is 8.97. The van der Waals surface area contributed by atoms with Crippen LogP contribution in [0.25, 0.3) is 0 Å². The maximum atomic E-state index is 11.0. The average Bonchev–Trinajstić information content (AvgIpc) is 2.23. The Balaban J connectivity index is 2.92. The van der Waals surface area contributed by atoms with Crippen molar-refractivity contribution in [2.75, 3.05) is 6.54 Å². The van der Waals surface area contributed by atoms with Gasteiger partial charge in [-0.05, 0) is 0 Å². The molecule has 1 aromatic rings. The highest BCUT2D eigenvalue weighted by Gasteiger charge is 2.14. The molecule has 0 aliphatic carbocycles. The summed E-state index contributed by atoms with van der Waals surface area (Å²) >= 11 is 0. The molecule has 0 atom stereocenters. The SMILES string of the molecule is CC(=O)NCC#Cc1c[n+]([O-])ccc1[N+](=O)[O-]. The van der Waals surface area contributed by atoms with Crippen molar-refractivity contribution in [2.24, 2.45) is 0 Å². The lowest BCUT2D eigenvalue weighted by molar-refractivity contribution is -0.606. The highest BCUT2D eigenvalue weighted by atomic mass is 16.6. The van der Waals surface area contributed by atoms with E-state index in [9.17, 15) is 20.1 Å². The van der Waals surface area contributed by atoms with E-state index in [0.717, 1.165) is 18.5 Å². The van der Waals surface area contributed by atoms with E-state index < -0.39 is 4.92 Å². The first kappa shape index (κ1) is 12.4. The molecule has 1 N–H and O–H groups in total. The summed E-state index contributed by atoms with van der Waals surface area (Å²) in [4.78, 5) is 20.6. The molecule has 0 saturated heterocycles. The molecule has 17 heavy (non-hydrogen) atoms. The van der Waals surface area contributed by atoms with Gasteiger partial charge in [0, 0.05) is 6.92 Å². The van der Waals surface area contributed by atoms with Gasteiger partial charge in [-0.1, -0.05) is 11.8 Å². The highest BCUT2D eigenvalue weighted by molar-refractivity contribution is 5.73. The summed E-state index contributed by atoms with van der Waals surface area (Å²) in [5.74, 6) is 4.73. The van der Waals surface area contributed by atoms with E-state index in [2.05, 4.69) is 17.2 Å². The first-order valence-electron chi connectivity index (χ1n) is 4.61. The van der Waals surface area contributed by atoms with E-state index in [1.165, 1.54) is 6.92 Å². The first-order chi connectivity index (χ1) is 8.00. The lowest BCUT2D eigenvalue weighted by Gasteiger charge is -1.97. The Morgan fingerprint density at radius 3 is 2.94 bits per heavy atom. The van der Waals surface area contributed by atoms with Crippen LogP contribution >= 0.6 is 0 Å². The van der Waals surface area contributed by atoms with Crippen LogP contribution in [-0.2, 0) is 4.79 Å². The summed E-state index contributed by atoms with van der Waals surface area (Å²) in [7, 11) is 0. The molecule has 0 fully saturated rings. The predicted molar refractivity (Wildman–Crippen MR) is 57.6 cm³/mol. The van der Waals surface area contributed by atoms with Gasteiger partial charge in [0.1, 0.15) is 0 Å². The molecule has 1 aromatic heterocycles.